The molecular formula is C16H19N3S2. The van der Waals surface area contributed by atoms with Crippen LogP contribution in [0.5, 0.6) is 0 Å². The lowest BCUT2D eigenvalue weighted by Crippen LogP contribution is -2.07. The van der Waals surface area contributed by atoms with E-state index >= 15 is 0 Å². The van der Waals surface area contributed by atoms with Gasteiger partial charge in [0.2, 0.25) is 0 Å². The summed E-state index contributed by atoms with van der Waals surface area (Å²) in [4.78, 5) is 1.46. The quantitative estimate of drug-likeness (QED) is 0.805. The van der Waals surface area contributed by atoms with E-state index in [-0.39, 0.29) is 0 Å². The Bertz CT molecular complexity index is 613. The van der Waals surface area contributed by atoms with E-state index in [0.29, 0.717) is 5.25 Å². The van der Waals surface area contributed by atoms with E-state index in [4.69, 9.17) is 0 Å². The zero-order valence-electron chi connectivity index (χ0n) is 12.0. The normalized spacial score (nSPS) is 20.9. The van der Waals surface area contributed by atoms with Gasteiger partial charge in [0.1, 0.15) is 5.82 Å². The van der Waals surface area contributed by atoms with Gasteiger partial charge in [0.15, 0.2) is 5.16 Å². The molecule has 0 amide bonds. The van der Waals surface area contributed by atoms with Crippen molar-refractivity contribution >= 4 is 23.5 Å². The third kappa shape index (κ3) is 2.86. The van der Waals surface area contributed by atoms with E-state index in [1.165, 1.54) is 42.0 Å². The molecule has 3 heterocycles. The summed E-state index contributed by atoms with van der Waals surface area (Å²) < 4.78 is 2.35. The van der Waals surface area contributed by atoms with Gasteiger partial charge >= 0.3 is 0 Å². The summed E-state index contributed by atoms with van der Waals surface area (Å²) >= 11 is 3.91. The molecular weight excluding hydrogens is 298 g/mol. The Morgan fingerprint density at radius 3 is 3.10 bits per heavy atom. The highest BCUT2D eigenvalue weighted by Crippen LogP contribution is 2.39. The second-order valence-corrected chi connectivity index (χ2v) is 8.05. The number of fused-ring (bicyclic) bond motifs is 2. The van der Waals surface area contributed by atoms with Crippen LogP contribution in [0.25, 0.3) is 0 Å². The van der Waals surface area contributed by atoms with Crippen molar-refractivity contribution in [1.82, 2.24) is 14.8 Å². The Hall–Kier alpha value is -0.940. The number of nitrogens with zero attached hydrogens (tertiary/aromatic N) is 3. The van der Waals surface area contributed by atoms with Crippen molar-refractivity contribution < 1.29 is 0 Å². The summed E-state index contributed by atoms with van der Waals surface area (Å²) in [7, 11) is 0. The van der Waals surface area contributed by atoms with Gasteiger partial charge in [-0.05, 0) is 30.9 Å². The van der Waals surface area contributed by atoms with Crippen LogP contribution in [0.1, 0.15) is 30.7 Å². The average molecular weight is 317 g/mol. The molecule has 1 aromatic heterocycles. The van der Waals surface area contributed by atoms with Crippen LogP contribution in [0.3, 0.4) is 0 Å². The summed E-state index contributed by atoms with van der Waals surface area (Å²) in [5.41, 5.74) is 1.51. The SMILES string of the molecule is c1ccc2c(c1)CC(CSc1nnc3n1CCCCC3)S2. The van der Waals surface area contributed by atoms with Crippen molar-refractivity contribution in [3.05, 3.63) is 35.7 Å². The summed E-state index contributed by atoms with van der Waals surface area (Å²) in [6.07, 6.45) is 6.13. The lowest BCUT2D eigenvalue weighted by atomic mass is 10.1. The first kappa shape index (κ1) is 13.7. The van der Waals surface area contributed by atoms with E-state index in [1.54, 1.807) is 0 Å². The maximum Gasteiger partial charge on any atom is 0.191 e. The molecule has 0 saturated carbocycles. The smallest absolute Gasteiger partial charge is 0.191 e. The molecule has 3 nitrogen and oxygen atoms in total. The number of rotatable bonds is 3. The van der Waals surface area contributed by atoms with Crippen molar-refractivity contribution in [2.75, 3.05) is 5.75 Å². The molecule has 0 bridgehead atoms. The second kappa shape index (κ2) is 6.05. The monoisotopic (exact) mass is 317 g/mol. The van der Waals surface area contributed by atoms with Gasteiger partial charge in [-0.1, -0.05) is 36.4 Å². The van der Waals surface area contributed by atoms with Gasteiger partial charge in [-0.3, -0.25) is 0 Å². The zero-order chi connectivity index (χ0) is 14.1. The number of hydrogen-bond acceptors (Lipinski definition) is 4. The fourth-order valence-corrected chi connectivity index (χ4v) is 5.54. The van der Waals surface area contributed by atoms with E-state index in [0.717, 1.165) is 23.9 Å². The highest BCUT2D eigenvalue weighted by molar-refractivity contribution is 8.03. The zero-order valence-corrected chi connectivity index (χ0v) is 13.6. The number of benzene rings is 1. The first-order valence-corrected chi connectivity index (χ1v) is 9.56. The van der Waals surface area contributed by atoms with Gasteiger partial charge < -0.3 is 4.57 Å². The molecule has 5 heteroatoms. The second-order valence-electron chi connectivity index (χ2n) is 5.72. The maximum atomic E-state index is 4.42. The van der Waals surface area contributed by atoms with E-state index in [9.17, 15) is 0 Å². The van der Waals surface area contributed by atoms with Gasteiger partial charge in [-0.2, -0.15) is 0 Å². The topological polar surface area (TPSA) is 30.7 Å². The number of hydrogen-bond donors (Lipinski definition) is 0. The standard InChI is InChI=1S/C16H19N3S2/c1-2-8-15-17-18-16(19(15)9-5-1)20-11-13-10-12-6-3-4-7-14(12)21-13/h3-4,6-7,13H,1-2,5,8-11H2. The highest BCUT2D eigenvalue weighted by atomic mass is 32.2. The van der Waals surface area contributed by atoms with Crippen molar-refractivity contribution in [3.63, 3.8) is 0 Å². The predicted molar refractivity (Wildman–Crippen MR) is 88.1 cm³/mol. The van der Waals surface area contributed by atoms with Crippen molar-refractivity contribution in [1.29, 1.82) is 0 Å². The molecule has 110 valence electrons. The van der Waals surface area contributed by atoms with Crippen LogP contribution in [-0.4, -0.2) is 25.8 Å². The van der Waals surface area contributed by atoms with Gasteiger partial charge in [-0.25, -0.2) is 0 Å². The Kier molecular flexibility index (Phi) is 3.95. The Morgan fingerprint density at radius 1 is 1.19 bits per heavy atom. The molecule has 1 aromatic carbocycles. The minimum absolute atomic E-state index is 0.672. The fraction of sp³-hybridized carbons (Fsp3) is 0.500. The molecule has 0 N–H and O–H groups in total. The van der Waals surface area contributed by atoms with Gasteiger partial charge in [0.05, 0.1) is 0 Å². The van der Waals surface area contributed by atoms with Crippen LogP contribution in [0.15, 0.2) is 34.3 Å². The largest absolute Gasteiger partial charge is 0.306 e. The molecule has 2 aliphatic heterocycles. The number of aromatic nitrogens is 3. The van der Waals surface area contributed by atoms with Gasteiger partial charge in [-0.15, -0.1) is 22.0 Å². The lowest BCUT2D eigenvalue weighted by molar-refractivity contribution is 0.591. The summed E-state index contributed by atoms with van der Waals surface area (Å²) in [6, 6.07) is 8.79. The molecule has 4 rings (SSSR count). The molecule has 1 atom stereocenters. The molecule has 0 spiro atoms. The van der Waals surface area contributed by atoms with E-state index < -0.39 is 0 Å². The molecule has 2 aromatic rings. The summed E-state index contributed by atoms with van der Waals surface area (Å²) in [5.74, 6) is 2.31. The molecule has 0 aliphatic carbocycles. The van der Waals surface area contributed by atoms with Crippen molar-refractivity contribution in [2.24, 2.45) is 0 Å². The minimum Gasteiger partial charge on any atom is -0.306 e. The van der Waals surface area contributed by atoms with Crippen LogP contribution in [0.4, 0.5) is 0 Å². The van der Waals surface area contributed by atoms with E-state index in [2.05, 4.69) is 39.0 Å². The third-order valence-corrected chi connectivity index (χ3v) is 6.85. The lowest BCUT2D eigenvalue weighted by Gasteiger charge is -2.09. The highest BCUT2D eigenvalue weighted by Gasteiger charge is 2.23. The summed E-state index contributed by atoms with van der Waals surface area (Å²) in [6.45, 7) is 1.10. The number of aryl methyl sites for hydroxylation is 1. The number of thioether (sulfide) groups is 2. The first-order valence-electron chi connectivity index (χ1n) is 7.69. The fourth-order valence-electron chi connectivity index (χ4n) is 3.08. The Balaban J connectivity index is 1.41. The third-order valence-electron chi connectivity index (χ3n) is 4.19. The molecule has 2 aliphatic rings. The molecule has 1 unspecified atom stereocenters. The maximum absolute atomic E-state index is 4.42. The Morgan fingerprint density at radius 2 is 2.14 bits per heavy atom. The Labute approximate surface area is 133 Å². The van der Waals surface area contributed by atoms with Crippen molar-refractivity contribution in [3.8, 4) is 0 Å². The van der Waals surface area contributed by atoms with Gasteiger partial charge in [0, 0.05) is 28.9 Å². The minimum atomic E-state index is 0.672. The molecule has 0 fully saturated rings. The average Bonchev–Trinajstić information content (AvgIpc) is 3.01. The van der Waals surface area contributed by atoms with Crippen molar-refractivity contribution in [2.45, 2.75) is 54.0 Å². The van der Waals surface area contributed by atoms with Gasteiger partial charge in [0.25, 0.3) is 0 Å². The molecule has 21 heavy (non-hydrogen) atoms. The summed E-state index contributed by atoms with van der Waals surface area (Å²) in [5, 5.41) is 10.6. The molecule has 0 saturated heterocycles. The first-order chi connectivity index (χ1) is 10.4. The van der Waals surface area contributed by atoms with Crippen LogP contribution >= 0.6 is 23.5 Å². The predicted octanol–water partition coefficient (Wildman–Crippen LogP) is 3.81. The van der Waals surface area contributed by atoms with Crippen LogP contribution in [0, 0.1) is 0 Å². The van der Waals surface area contributed by atoms with E-state index in [1.807, 2.05) is 23.5 Å². The molecule has 0 radical (unpaired) electrons. The van der Waals surface area contributed by atoms with Crippen LogP contribution < -0.4 is 0 Å². The van der Waals surface area contributed by atoms with Crippen LogP contribution in [-0.2, 0) is 19.4 Å². The van der Waals surface area contributed by atoms with Crippen LogP contribution in [0.2, 0.25) is 0 Å².